The van der Waals surface area contributed by atoms with Crippen molar-refractivity contribution in [1.82, 2.24) is 19.8 Å². The predicted octanol–water partition coefficient (Wildman–Crippen LogP) is 4.48. The fourth-order valence-corrected chi connectivity index (χ4v) is 5.02. The maximum atomic E-state index is 12.5. The molecule has 1 fully saturated rings. The van der Waals surface area contributed by atoms with Gasteiger partial charge in [-0.3, -0.25) is 10.2 Å². The van der Waals surface area contributed by atoms with Crippen LogP contribution in [0.3, 0.4) is 0 Å². The van der Waals surface area contributed by atoms with E-state index in [1.807, 2.05) is 41.0 Å². The van der Waals surface area contributed by atoms with Crippen LogP contribution >= 0.6 is 0 Å². The molecule has 0 aliphatic carbocycles. The molecule has 3 aromatic rings. The van der Waals surface area contributed by atoms with Crippen LogP contribution in [0.5, 0.6) is 5.75 Å². The summed E-state index contributed by atoms with van der Waals surface area (Å²) >= 11 is 0. The fraction of sp³-hybridized carbons (Fsp3) is 0.481. The van der Waals surface area contributed by atoms with Crippen LogP contribution in [0.1, 0.15) is 0 Å². The number of fused-ring (bicyclic) bond motifs is 1. The molecular weight excluding hydrogens is 486 g/mol. The highest BCUT2D eigenvalue weighted by Gasteiger charge is 2.17. The van der Waals surface area contributed by atoms with Gasteiger partial charge in [0.15, 0.2) is 0 Å². The van der Waals surface area contributed by atoms with Crippen molar-refractivity contribution >= 4 is 31.0 Å². The van der Waals surface area contributed by atoms with Gasteiger partial charge in [0.25, 0.3) is 0 Å². The third-order valence-electron chi connectivity index (χ3n) is 6.41. The van der Waals surface area contributed by atoms with Crippen LogP contribution in [0.4, 0.5) is 10.6 Å². The summed E-state index contributed by atoms with van der Waals surface area (Å²) < 4.78 is 19.1. The molecule has 1 saturated heterocycles. The third-order valence-corrected chi connectivity index (χ3v) is 8.11. The minimum absolute atomic E-state index is 0.269. The molecule has 200 valence electrons. The second-order valence-electron chi connectivity index (χ2n) is 10.5. The zero-order valence-electron chi connectivity index (χ0n) is 22.4. The molecule has 1 aromatic carbocycles. The summed E-state index contributed by atoms with van der Waals surface area (Å²) in [7, 11) is 0.487. The lowest BCUT2D eigenvalue weighted by Gasteiger charge is -2.26. The maximum absolute atomic E-state index is 12.5. The molecule has 1 aliphatic rings. The number of anilines is 1. The average molecular weight is 526 g/mol. The molecule has 0 spiro atoms. The number of aromatic nitrogens is 2. The maximum Gasteiger partial charge on any atom is 0.320 e. The highest BCUT2D eigenvalue weighted by Crippen LogP contribution is 2.36. The van der Waals surface area contributed by atoms with E-state index in [0.29, 0.717) is 25.7 Å². The summed E-state index contributed by atoms with van der Waals surface area (Å²) in [4.78, 5) is 19.6. The summed E-state index contributed by atoms with van der Waals surface area (Å²) in [5.41, 5.74) is 2.74. The lowest BCUT2D eigenvalue weighted by molar-refractivity contribution is 0.0388. The topological polar surface area (TPSA) is 89.9 Å². The van der Waals surface area contributed by atoms with Gasteiger partial charge in [0, 0.05) is 63.6 Å². The number of carbonyl (C=O) groups is 1. The van der Waals surface area contributed by atoms with E-state index in [2.05, 4.69) is 41.4 Å². The third kappa shape index (κ3) is 7.54. The standard InChI is InChI=1S/C27H39N5O4Si/c1-34-24-8-6-5-7-21(24)23-19-32(20-36-17-18-37(2,3)4)26-22(23)9-10-25(29-26)30-27(33)28-11-12-31-13-15-35-16-14-31/h5-10,19H,11-18,20H2,1-4H3,(H2,28,29,30,33). The highest BCUT2D eigenvalue weighted by molar-refractivity contribution is 6.76. The summed E-state index contributed by atoms with van der Waals surface area (Å²) in [6, 6.07) is 12.6. The SMILES string of the molecule is COc1ccccc1-c1cn(COCC[Si](C)(C)C)c2nc(NC(=O)NCCN3CCOCC3)ccc12. The molecule has 0 radical (unpaired) electrons. The number of urea groups is 1. The first kappa shape index (κ1) is 27.1. The van der Waals surface area contributed by atoms with Crippen LogP contribution < -0.4 is 15.4 Å². The number of nitrogens with zero attached hydrogens (tertiary/aromatic N) is 3. The number of hydrogen-bond acceptors (Lipinski definition) is 6. The van der Waals surface area contributed by atoms with E-state index in [4.69, 9.17) is 19.2 Å². The van der Waals surface area contributed by atoms with E-state index in [-0.39, 0.29) is 6.03 Å². The number of carbonyl (C=O) groups excluding carboxylic acids is 1. The van der Waals surface area contributed by atoms with Crippen LogP contribution in [0.15, 0.2) is 42.6 Å². The smallest absolute Gasteiger partial charge is 0.320 e. The van der Waals surface area contributed by atoms with Crippen molar-refractivity contribution in [1.29, 1.82) is 0 Å². The summed E-state index contributed by atoms with van der Waals surface area (Å²) in [5, 5.41) is 6.78. The fourth-order valence-electron chi connectivity index (χ4n) is 4.27. The number of para-hydroxylation sites is 1. The summed E-state index contributed by atoms with van der Waals surface area (Å²) in [6.45, 7) is 12.8. The number of rotatable bonds is 11. The number of pyridine rings is 1. The molecule has 0 bridgehead atoms. The molecule has 10 heteroatoms. The van der Waals surface area contributed by atoms with Crippen molar-refractivity contribution in [3.05, 3.63) is 42.6 Å². The number of nitrogens with one attached hydrogen (secondary N) is 2. The molecule has 0 atom stereocenters. The van der Waals surface area contributed by atoms with Gasteiger partial charge in [0.2, 0.25) is 0 Å². The van der Waals surface area contributed by atoms with Crippen molar-refractivity contribution in [3.8, 4) is 16.9 Å². The Morgan fingerprint density at radius 1 is 1.11 bits per heavy atom. The Balaban J connectivity index is 1.50. The Labute approximate surface area is 220 Å². The van der Waals surface area contributed by atoms with Gasteiger partial charge >= 0.3 is 6.03 Å². The lowest BCUT2D eigenvalue weighted by atomic mass is 10.0. The van der Waals surface area contributed by atoms with Gasteiger partial charge in [-0.25, -0.2) is 9.78 Å². The van der Waals surface area contributed by atoms with Crippen molar-refractivity contribution in [2.45, 2.75) is 32.4 Å². The van der Waals surface area contributed by atoms with Crippen molar-refractivity contribution in [2.24, 2.45) is 0 Å². The molecule has 2 aromatic heterocycles. The molecular formula is C27H39N5O4Si. The van der Waals surface area contributed by atoms with Crippen LogP contribution in [0, 0.1) is 0 Å². The molecule has 4 rings (SSSR count). The second kappa shape index (κ2) is 12.5. The van der Waals surface area contributed by atoms with Gasteiger partial charge in [-0.15, -0.1) is 0 Å². The number of methoxy groups -OCH3 is 1. The van der Waals surface area contributed by atoms with Crippen molar-refractivity contribution < 1.29 is 19.0 Å². The summed E-state index contributed by atoms with van der Waals surface area (Å²) in [5.74, 6) is 1.28. The number of morpholine rings is 1. The minimum atomic E-state index is -1.19. The molecule has 2 N–H and O–H groups in total. The Morgan fingerprint density at radius 3 is 2.65 bits per heavy atom. The van der Waals surface area contributed by atoms with E-state index in [1.54, 1.807) is 7.11 Å². The Hall–Kier alpha value is -2.92. The molecule has 0 unspecified atom stereocenters. The monoisotopic (exact) mass is 525 g/mol. The van der Waals surface area contributed by atoms with E-state index in [1.165, 1.54) is 0 Å². The highest BCUT2D eigenvalue weighted by atomic mass is 28.3. The van der Waals surface area contributed by atoms with Gasteiger partial charge in [-0.2, -0.15) is 0 Å². The van der Waals surface area contributed by atoms with Crippen molar-refractivity contribution in [2.75, 3.05) is 58.4 Å². The van der Waals surface area contributed by atoms with Gasteiger partial charge in [0.1, 0.15) is 23.9 Å². The van der Waals surface area contributed by atoms with Gasteiger partial charge in [0.05, 0.1) is 20.3 Å². The molecule has 1 aliphatic heterocycles. The van der Waals surface area contributed by atoms with Crippen LogP contribution in [0.2, 0.25) is 25.7 Å². The largest absolute Gasteiger partial charge is 0.496 e. The van der Waals surface area contributed by atoms with Crippen LogP contribution in [-0.2, 0) is 16.2 Å². The predicted molar refractivity (Wildman–Crippen MR) is 150 cm³/mol. The minimum Gasteiger partial charge on any atom is -0.496 e. The first-order valence-electron chi connectivity index (χ1n) is 12.9. The van der Waals surface area contributed by atoms with Gasteiger partial charge < -0.3 is 24.1 Å². The normalized spacial score (nSPS) is 14.6. The van der Waals surface area contributed by atoms with Gasteiger partial charge in [-0.05, 0) is 24.2 Å². The van der Waals surface area contributed by atoms with Crippen molar-refractivity contribution in [3.63, 3.8) is 0 Å². The Kier molecular flexibility index (Phi) is 9.20. The number of ether oxygens (including phenoxy) is 3. The first-order chi connectivity index (χ1) is 17.8. The number of amides is 2. The number of benzene rings is 1. The zero-order valence-corrected chi connectivity index (χ0v) is 23.4. The van der Waals surface area contributed by atoms with Crippen LogP contribution in [-0.4, -0.2) is 81.7 Å². The van der Waals surface area contributed by atoms with E-state index >= 15 is 0 Å². The second-order valence-corrected chi connectivity index (χ2v) is 16.1. The first-order valence-corrected chi connectivity index (χ1v) is 16.6. The summed E-state index contributed by atoms with van der Waals surface area (Å²) in [6.07, 6.45) is 2.05. The quantitative estimate of drug-likeness (QED) is 0.283. The average Bonchev–Trinajstić information content (AvgIpc) is 3.24. The molecule has 0 saturated carbocycles. The van der Waals surface area contributed by atoms with E-state index in [9.17, 15) is 4.79 Å². The molecule has 37 heavy (non-hydrogen) atoms. The molecule has 3 heterocycles. The Morgan fingerprint density at radius 2 is 1.89 bits per heavy atom. The van der Waals surface area contributed by atoms with E-state index < -0.39 is 8.07 Å². The molecule has 2 amide bonds. The lowest BCUT2D eigenvalue weighted by Crippen LogP contribution is -2.42. The van der Waals surface area contributed by atoms with Crippen LogP contribution in [0.25, 0.3) is 22.2 Å². The molecule has 9 nitrogen and oxygen atoms in total. The van der Waals surface area contributed by atoms with Gasteiger partial charge in [-0.1, -0.05) is 37.8 Å². The number of hydrogen-bond donors (Lipinski definition) is 2. The van der Waals surface area contributed by atoms with E-state index in [0.717, 1.165) is 66.8 Å². The zero-order chi connectivity index (χ0) is 26.3. The Bertz CT molecular complexity index is 1190.